The normalized spacial score (nSPS) is 16.6. The topological polar surface area (TPSA) is 75.8 Å². The molecular weight excluding hydrogens is 356 g/mol. The van der Waals surface area contributed by atoms with E-state index in [-0.39, 0.29) is 0 Å². The van der Waals surface area contributed by atoms with Crippen molar-refractivity contribution in [2.24, 2.45) is 0 Å². The van der Waals surface area contributed by atoms with Crippen molar-refractivity contribution in [2.75, 3.05) is 18.0 Å². The summed E-state index contributed by atoms with van der Waals surface area (Å²) in [6.45, 7) is 0.958. The Hall–Kier alpha value is -2.73. The third kappa shape index (κ3) is 3.08. The number of ether oxygens (including phenoxy) is 1. The number of hydrogen-bond donors (Lipinski definition) is 1. The molecule has 0 saturated carbocycles. The fraction of sp³-hybridized carbons (Fsp3) is 0.263. The zero-order valence-electron chi connectivity index (χ0n) is 13.9. The van der Waals surface area contributed by atoms with Gasteiger partial charge in [0.05, 0.1) is 0 Å². The average molecular weight is 373 g/mol. The van der Waals surface area contributed by atoms with Gasteiger partial charge in [0.1, 0.15) is 11.3 Å². The first-order chi connectivity index (χ1) is 12.6. The van der Waals surface area contributed by atoms with Gasteiger partial charge in [-0.25, -0.2) is 4.79 Å². The van der Waals surface area contributed by atoms with Gasteiger partial charge in [-0.2, -0.15) is 4.98 Å². The van der Waals surface area contributed by atoms with E-state index in [4.69, 9.17) is 20.8 Å². The van der Waals surface area contributed by atoms with Crippen LogP contribution in [0.25, 0.3) is 11.1 Å². The lowest BCUT2D eigenvalue weighted by Gasteiger charge is -2.38. The second-order valence-corrected chi connectivity index (χ2v) is 6.74. The number of carboxylic acid groups (broad SMARTS) is 1. The Morgan fingerprint density at radius 3 is 2.50 bits per heavy atom. The van der Waals surface area contributed by atoms with E-state index in [0.717, 1.165) is 11.1 Å². The Labute approximate surface area is 155 Å². The predicted octanol–water partition coefficient (Wildman–Crippen LogP) is 3.98. The zero-order chi connectivity index (χ0) is 18.1. The first-order valence-electron chi connectivity index (χ1n) is 8.34. The van der Waals surface area contributed by atoms with E-state index in [1.165, 1.54) is 0 Å². The fourth-order valence-corrected chi connectivity index (χ4v) is 3.27. The quantitative estimate of drug-likeness (QED) is 0.746. The van der Waals surface area contributed by atoms with Gasteiger partial charge in [-0.1, -0.05) is 23.7 Å². The fourth-order valence-electron chi connectivity index (χ4n) is 3.14. The molecule has 3 aromatic rings. The van der Waals surface area contributed by atoms with E-state index in [0.29, 0.717) is 42.7 Å². The lowest BCUT2D eigenvalue weighted by atomic mass is 9.91. The predicted molar refractivity (Wildman–Crippen MR) is 97.9 cm³/mol. The summed E-state index contributed by atoms with van der Waals surface area (Å²) in [5.74, 6) is -0.475. The molecule has 134 valence electrons. The van der Waals surface area contributed by atoms with Gasteiger partial charge in [-0.3, -0.25) is 0 Å². The summed E-state index contributed by atoms with van der Waals surface area (Å²) in [7, 11) is 0. The van der Waals surface area contributed by atoms with Gasteiger partial charge in [0.25, 0.3) is 6.01 Å². The molecule has 0 spiro atoms. The van der Waals surface area contributed by atoms with Gasteiger partial charge in [0.2, 0.25) is 5.60 Å². The van der Waals surface area contributed by atoms with Crippen LogP contribution in [0.1, 0.15) is 12.8 Å². The third-order valence-corrected chi connectivity index (χ3v) is 4.89. The molecule has 4 rings (SSSR count). The van der Waals surface area contributed by atoms with Crippen molar-refractivity contribution < 1.29 is 19.1 Å². The van der Waals surface area contributed by atoms with Crippen LogP contribution in [0, 0.1) is 0 Å². The molecule has 2 aromatic carbocycles. The smallest absolute Gasteiger partial charge is 0.348 e. The van der Waals surface area contributed by atoms with E-state index < -0.39 is 11.6 Å². The molecule has 1 N–H and O–H groups in total. The lowest BCUT2D eigenvalue weighted by Crippen LogP contribution is -2.53. The van der Waals surface area contributed by atoms with Crippen molar-refractivity contribution >= 4 is 34.7 Å². The van der Waals surface area contributed by atoms with Crippen molar-refractivity contribution in [3.05, 3.63) is 53.6 Å². The number of oxazole rings is 1. The first-order valence-corrected chi connectivity index (χ1v) is 8.72. The number of hydrogen-bond acceptors (Lipinski definition) is 5. The summed E-state index contributed by atoms with van der Waals surface area (Å²) in [6.07, 6.45) is 0.646. The number of piperidine rings is 1. The Kier molecular flexibility index (Phi) is 4.20. The molecule has 1 saturated heterocycles. The second kappa shape index (κ2) is 6.53. The number of carbonyl (C=O) groups is 1. The maximum atomic E-state index is 11.9. The summed E-state index contributed by atoms with van der Waals surface area (Å²) >= 11 is 5.88. The standard InChI is InChI=1S/C19H17ClN2O4/c20-13-5-7-14(8-6-13)26-19(17(23)24)9-11-22(12-10-19)18-21-15-3-1-2-4-16(15)25-18/h1-8H,9-12H2,(H,23,24). The summed E-state index contributed by atoms with van der Waals surface area (Å²) in [4.78, 5) is 18.4. The van der Waals surface area contributed by atoms with Gasteiger partial charge in [0, 0.05) is 31.0 Å². The highest BCUT2D eigenvalue weighted by Crippen LogP contribution is 2.32. The Morgan fingerprint density at radius 1 is 1.15 bits per heavy atom. The van der Waals surface area contributed by atoms with E-state index >= 15 is 0 Å². The molecule has 0 aliphatic carbocycles. The highest BCUT2D eigenvalue weighted by molar-refractivity contribution is 6.30. The number of para-hydroxylation sites is 2. The Bertz CT molecular complexity index is 897. The number of aromatic nitrogens is 1. The van der Waals surface area contributed by atoms with Crippen LogP contribution in [0.3, 0.4) is 0 Å². The van der Waals surface area contributed by atoms with Gasteiger partial charge in [-0.15, -0.1) is 0 Å². The zero-order valence-corrected chi connectivity index (χ0v) is 14.6. The van der Waals surface area contributed by atoms with E-state index in [9.17, 15) is 9.90 Å². The van der Waals surface area contributed by atoms with Crippen molar-refractivity contribution in [1.82, 2.24) is 4.98 Å². The number of anilines is 1. The van der Waals surface area contributed by atoms with Crippen LogP contribution in [0.15, 0.2) is 52.9 Å². The molecule has 0 bridgehead atoms. The number of halogens is 1. The van der Waals surface area contributed by atoms with E-state index in [2.05, 4.69) is 4.98 Å². The van der Waals surface area contributed by atoms with Gasteiger partial charge >= 0.3 is 5.97 Å². The minimum Gasteiger partial charge on any atom is -0.478 e. The first kappa shape index (κ1) is 16.7. The highest BCUT2D eigenvalue weighted by atomic mass is 35.5. The summed E-state index contributed by atoms with van der Waals surface area (Å²) in [5, 5.41) is 10.3. The molecule has 1 aromatic heterocycles. The number of rotatable bonds is 4. The monoisotopic (exact) mass is 372 g/mol. The van der Waals surface area contributed by atoms with Crippen LogP contribution in [-0.4, -0.2) is 34.8 Å². The number of fused-ring (bicyclic) bond motifs is 1. The van der Waals surface area contributed by atoms with Crippen molar-refractivity contribution in [3.63, 3.8) is 0 Å². The molecule has 26 heavy (non-hydrogen) atoms. The SMILES string of the molecule is O=C(O)C1(Oc2ccc(Cl)cc2)CCN(c2nc3ccccc3o2)CC1. The van der Waals surface area contributed by atoms with Crippen molar-refractivity contribution in [1.29, 1.82) is 0 Å². The Morgan fingerprint density at radius 2 is 1.85 bits per heavy atom. The van der Waals surface area contributed by atoms with Crippen LogP contribution in [0.4, 0.5) is 6.01 Å². The number of nitrogens with zero attached hydrogens (tertiary/aromatic N) is 2. The summed E-state index contributed by atoms with van der Waals surface area (Å²) in [5.41, 5.74) is 0.237. The van der Waals surface area contributed by atoms with Gasteiger partial charge in [-0.05, 0) is 36.4 Å². The molecule has 0 amide bonds. The average Bonchev–Trinajstić information content (AvgIpc) is 3.08. The summed E-state index contributed by atoms with van der Waals surface area (Å²) in [6, 6.07) is 14.8. The molecule has 1 aliphatic rings. The number of carboxylic acids is 1. The molecule has 1 fully saturated rings. The van der Waals surface area contributed by atoms with Gasteiger partial charge < -0.3 is 19.2 Å². The van der Waals surface area contributed by atoms with Crippen LogP contribution >= 0.6 is 11.6 Å². The molecular formula is C19H17ClN2O4. The second-order valence-electron chi connectivity index (χ2n) is 6.31. The molecule has 0 atom stereocenters. The van der Waals surface area contributed by atoms with Crippen LogP contribution in [0.5, 0.6) is 5.75 Å². The number of aliphatic carboxylic acids is 1. The molecule has 0 radical (unpaired) electrons. The molecule has 0 unspecified atom stereocenters. The van der Waals surface area contributed by atoms with Gasteiger partial charge in [0.15, 0.2) is 5.58 Å². The largest absolute Gasteiger partial charge is 0.478 e. The molecule has 2 heterocycles. The van der Waals surface area contributed by atoms with Crippen LogP contribution in [-0.2, 0) is 4.79 Å². The maximum Gasteiger partial charge on any atom is 0.348 e. The highest BCUT2D eigenvalue weighted by Gasteiger charge is 2.44. The lowest BCUT2D eigenvalue weighted by molar-refractivity contribution is -0.157. The molecule has 1 aliphatic heterocycles. The van der Waals surface area contributed by atoms with E-state index in [1.807, 2.05) is 29.2 Å². The maximum absolute atomic E-state index is 11.9. The van der Waals surface area contributed by atoms with Crippen LogP contribution in [0.2, 0.25) is 5.02 Å². The summed E-state index contributed by atoms with van der Waals surface area (Å²) < 4.78 is 11.6. The van der Waals surface area contributed by atoms with E-state index in [1.54, 1.807) is 24.3 Å². The Balaban J connectivity index is 1.52. The molecule has 6 nitrogen and oxygen atoms in total. The van der Waals surface area contributed by atoms with Crippen molar-refractivity contribution in [2.45, 2.75) is 18.4 Å². The van der Waals surface area contributed by atoms with Crippen LogP contribution < -0.4 is 9.64 Å². The molecule has 7 heteroatoms. The third-order valence-electron chi connectivity index (χ3n) is 4.64. The minimum absolute atomic E-state index is 0.323. The minimum atomic E-state index is -1.27. The number of benzene rings is 2. The van der Waals surface area contributed by atoms with Crippen molar-refractivity contribution in [3.8, 4) is 5.75 Å².